The summed E-state index contributed by atoms with van der Waals surface area (Å²) in [6, 6.07) is 6.04. The largest absolute Gasteiger partial charge is 0.310 e. The highest BCUT2D eigenvalue weighted by molar-refractivity contribution is 9.10. The molecule has 0 spiro atoms. The third kappa shape index (κ3) is 4.54. The molecule has 0 bridgehead atoms. The molecule has 0 aromatic heterocycles. The van der Waals surface area contributed by atoms with Crippen LogP contribution in [0.1, 0.15) is 38.7 Å². The molecule has 1 unspecified atom stereocenters. The van der Waals surface area contributed by atoms with Crippen molar-refractivity contribution >= 4 is 15.9 Å². The first-order chi connectivity index (χ1) is 9.56. The topological polar surface area (TPSA) is 15.3 Å². The first-order valence-corrected chi connectivity index (χ1v) is 8.27. The second-order valence-electron chi connectivity index (χ2n) is 5.87. The zero-order valence-corrected chi connectivity index (χ0v) is 13.9. The van der Waals surface area contributed by atoms with Crippen molar-refractivity contribution < 1.29 is 4.39 Å². The van der Waals surface area contributed by atoms with E-state index in [1.54, 1.807) is 12.1 Å². The lowest BCUT2D eigenvalue weighted by atomic mass is 10.1. The van der Waals surface area contributed by atoms with Crippen molar-refractivity contribution in [2.24, 2.45) is 0 Å². The third-order valence-corrected chi connectivity index (χ3v) is 4.86. The summed E-state index contributed by atoms with van der Waals surface area (Å²) in [6.07, 6.45) is 3.61. The summed E-state index contributed by atoms with van der Waals surface area (Å²) in [6.45, 7) is 7.60. The second-order valence-corrected chi connectivity index (χ2v) is 6.73. The summed E-state index contributed by atoms with van der Waals surface area (Å²) in [7, 11) is 0. The number of hydrogen-bond donors (Lipinski definition) is 1. The first kappa shape index (κ1) is 15.9. The molecule has 1 heterocycles. The highest BCUT2D eigenvalue weighted by Crippen LogP contribution is 2.19. The molecule has 0 radical (unpaired) electrons. The van der Waals surface area contributed by atoms with E-state index in [0.717, 1.165) is 23.1 Å². The Morgan fingerprint density at radius 2 is 2.15 bits per heavy atom. The van der Waals surface area contributed by atoms with Crippen molar-refractivity contribution in [1.82, 2.24) is 10.2 Å². The number of benzene rings is 1. The van der Waals surface area contributed by atoms with Gasteiger partial charge in [-0.3, -0.25) is 0 Å². The SMILES string of the molecule is CC(C)N1CCCC(NCc2cc(F)ccc2Br)CC1. The van der Waals surface area contributed by atoms with Crippen molar-refractivity contribution in [3.63, 3.8) is 0 Å². The normalized spacial score (nSPS) is 21.1. The maximum Gasteiger partial charge on any atom is 0.123 e. The van der Waals surface area contributed by atoms with Crippen LogP contribution in [-0.2, 0) is 6.54 Å². The Bertz CT molecular complexity index is 436. The van der Waals surface area contributed by atoms with Crippen molar-refractivity contribution in [3.05, 3.63) is 34.1 Å². The maximum atomic E-state index is 13.3. The van der Waals surface area contributed by atoms with Crippen LogP contribution >= 0.6 is 15.9 Å². The minimum absolute atomic E-state index is 0.170. The molecule has 0 aliphatic carbocycles. The summed E-state index contributed by atoms with van der Waals surface area (Å²) in [5.74, 6) is -0.170. The molecule has 0 amide bonds. The molecule has 4 heteroatoms. The van der Waals surface area contributed by atoms with Crippen molar-refractivity contribution in [2.75, 3.05) is 13.1 Å². The van der Waals surface area contributed by atoms with Crippen molar-refractivity contribution in [2.45, 2.75) is 51.7 Å². The van der Waals surface area contributed by atoms with Crippen LogP contribution in [0.25, 0.3) is 0 Å². The van der Waals surface area contributed by atoms with Gasteiger partial charge in [-0.15, -0.1) is 0 Å². The number of hydrogen-bond acceptors (Lipinski definition) is 2. The van der Waals surface area contributed by atoms with Crippen LogP contribution in [0.5, 0.6) is 0 Å². The summed E-state index contributed by atoms with van der Waals surface area (Å²) in [5, 5.41) is 3.58. The standard InChI is InChI=1S/C16H24BrFN2/c1-12(2)20-8-3-4-15(7-9-20)19-11-13-10-14(18)5-6-16(13)17/h5-6,10,12,15,19H,3-4,7-9,11H2,1-2H3. The number of halogens is 2. The Labute approximate surface area is 129 Å². The molecule has 2 nitrogen and oxygen atoms in total. The lowest BCUT2D eigenvalue weighted by Gasteiger charge is -2.24. The number of nitrogens with zero attached hydrogens (tertiary/aromatic N) is 1. The van der Waals surface area contributed by atoms with E-state index in [9.17, 15) is 4.39 Å². The van der Waals surface area contributed by atoms with Gasteiger partial charge < -0.3 is 10.2 Å². The summed E-state index contributed by atoms with van der Waals surface area (Å²) < 4.78 is 14.2. The van der Waals surface area contributed by atoms with Gasteiger partial charge in [0.25, 0.3) is 0 Å². The molecule has 20 heavy (non-hydrogen) atoms. The monoisotopic (exact) mass is 342 g/mol. The molecule has 1 aliphatic heterocycles. The molecule has 1 atom stereocenters. The van der Waals surface area contributed by atoms with Gasteiger partial charge >= 0.3 is 0 Å². The minimum Gasteiger partial charge on any atom is -0.310 e. The molecule has 1 aliphatic rings. The van der Waals surface area contributed by atoms with E-state index in [0.29, 0.717) is 12.1 Å². The van der Waals surface area contributed by atoms with Crippen LogP contribution in [0, 0.1) is 5.82 Å². The average Bonchev–Trinajstić information content (AvgIpc) is 2.65. The molecular formula is C16H24BrFN2. The second kappa shape index (κ2) is 7.53. The Morgan fingerprint density at radius 1 is 1.35 bits per heavy atom. The van der Waals surface area contributed by atoms with Gasteiger partial charge in [0.15, 0.2) is 0 Å². The van der Waals surface area contributed by atoms with Crippen LogP contribution in [0.2, 0.25) is 0 Å². The minimum atomic E-state index is -0.170. The predicted molar refractivity (Wildman–Crippen MR) is 85.3 cm³/mol. The maximum absolute atomic E-state index is 13.3. The molecule has 1 N–H and O–H groups in total. The van der Waals surface area contributed by atoms with Crippen LogP contribution in [0.3, 0.4) is 0 Å². The van der Waals surface area contributed by atoms with Gasteiger partial charge in [0.05, 0.1) is 0 Å². The number of nitrogens with one attached hydrogen (secondary N) is 1. The summed E-state index contributed by atoms with van der Waals surface area (Å²) in [4.78, 5) is 2.54. The van der Waals surface area contributed by atoms with Crippen molar-refractivity contribution in [3.8, 4) is 0 Å². The predicted octanol–water partition coefficient (Wildman–Crippen LogP) is 3.94. The third-order valence-electron chi connectivity index (χ3n) is 4.08. The van der Waals surface area contributed by atoms with E-state index in [1.165, 1.54) is 31.9 Å². The van der Waals surface area contributed by atoms with Gasteiger partial charge in [0, 0.05) is 23.1 Å². The van der Waals surface area contributed by atoms with E-state index in [2.05, 4.69) is 40.0 Å². The first-order valence-electron chi connectivity index (χ1n) is 7.47. The fourth-order valence-electron chi connectivity index (χ4n) is 2.77. The highest BCUT2D eigenvalue weighted by atomic mass is 79.9. The van der Waals surface area contributed by atoms with Crippen LogP contribution < -0.4 is 5.32 Å². The Balaban J connectivity index is 1.86. The smallest absolute Gasteiger partial charge is 0.123 e. The summed E-state index contributed by atoms with van der Waals surface area (Å²) >= 11 is 3.48. The van der Waals surface area contributed by atoms with Gasteiger partial charge in [-0.05, 0) is 70.0 Å². The zero-order chi connectivity index (χ0) is 14.5. The lowest BCUT2D eigenvalue weighted by molar-refractivity contribution is 0.229. The molecule has 1 saturated heterocycles. The fraction of sp³-hybridized carbons (Fsp3) is 0.625. The van der Waals surface area contributed by atoms with E-state index in [1.807, 2.05) is 0 Å². The fourth-order valence-corrected chi connectivity index (χ4v) is 3.16. The molecule has 1 aromatic rings. The summed E-state index contributed by atoms with van der Waals surface area (Å²) in [5.41, 5.74) is 0.995. The lowest BCUT2D eigenvalue weighted by Crippen LogP contribution is -2.33. The Morgan fingerprint density at radius 3 is 2.90 bits per heavy atom. The molecule has 1 fully saturated rings. The van der Waals surface area contributed by atoms with Crippen molar-refractivity contribution in [1.29, 1.82) is 0 Å². The Hall–Kier alpha value is -0.450. The van der Waals surface area contributed by atoms with Gasteiger partial charge in [0.1, 0.15) is 5.82 Å². The zero-order valence-electron chi connectivity index (χ0n) is 12.3. The average molecular weight is 343 g/mol. The number of likely N-dealkylation sites (tertiary alicyclic amines) is 1. The van der Waals surface area contributed by atoms with E-state index in [4.69, 9.17) is 0 Å². The molecule has 1 aromatic carbocycles. The van der Waals surface area contributed by atoms with Gasteiger partial charge in [-0.1, -0.05) is 15.9 Å². The molecule has 0 saturated carbocycles. The van der Waals surface area contributed by atoms with Gasteiger partial charge in [-0.25, -0.2) is 4.39 Å². The van der Waals surface area contributed by atoms with Crippen LogP contribution in [0.15, 0.2) is 22.7 Å². The quantitative estimate of drug-likeness (QED) is 0.891. The van der Waals surface area contributed by atoms with E-state index >= 15 is 0 Å². The van der Waals surface area contributed by atoms with Crippen LogP contribution in [0.4, 0.5) is 4.39 Å². The molecule has 2 rings (SSSR count). The molecule has 112 valence electrons. The number of rotatable bonds is 4. The van der Waals surface area contributed by atoms with E-state index in [-0.39, 0.29) is 5.82 Å². The van der Waals surface area contributed by atoms with Gasteiger partial charge in [-0.2, -0.15) is 0 Å². The van der Waals surface area contributed by atoms with E-state index < -0.39 is 0 Å². The Kier molecular flexibility index (Phi) is 6.00. The highest BCUT2D eigenvalue weighted by Gasteiger charge is 2.18. The van der Waals surface area contributed by atoms with Gasteiger partial charge in [0.2, 0.25) is 0 Å². The van der Waals surface area contributed by atoms with Crippen LogP contribution in [-0.4, -0.2) is 30.1 Å². The molecular weight excluding hydrogens is 319 g/mol.